The Morgan fingerprint density at radius 3 is 1.98 bits per heavy atom. The minimum absolute atomic E-state index is 0.000399. The van der Waals surface area contributed by atoms with Crippen LogP contribution in [0.3, 0.4) is 0 Å². The second-order valence-corrected chi connectivity index (χ2v) is 10.9. The molecule has 0 fully saturated rings. The molecule has 2 heteroatoms. The monoisotopic (exact) mass is 627 g/mol. The number of nitrogens with zero attached hydrogens (tertiary/aromatic N) is 1. The zero-order valence-corrected chi connectivity index (χ0v) is 24.1. The summed E-state index contributed by atoms with van der Waals surface area (Å²) in [5.41, 5.74) is -3.58. The maximum atomic E-state index is 10.00. The average molecular weight is 628 g/mol. The van der Waals surface area contributed by atoms with Crippen LogP contribution >= 0.6 is 11.3 Å². The van der Waals surface area contributed by atoms with Crippen LogP contribution in [0, 0.1) is 0 Å². The third kappa shape index (κ3) is 4.54. The first kappa shape index (κ1) is 11.9. The maximum absolute atomic E-state index is 10.00. The van der Waals surface area contributed by atoms with E-state index >= 15 is 0 Å². The Hall–Kier alpha value is -5.70. The van der Waals surface area contributed by atoms with Gasteiger partial charge in [-0.1, -0.05) is 121 Å². The predicted octanol–water partition coefficient (Wildman–Crippen LogP) is 13.2. The van der Waals surface area contributed by atoms with Crippen LogP contribution in [0.2, 0.25) is 0 Å². The lowest BCUT2D eigenvalue weighted by Gasteiger charge is -2.26. The molecule has 0 spiro atoms. The number of rotatable bonds is 5. The molecule has 0 aliphatic carbocycles. The van der Waals surface area contributed by atoms with Gasteiger partial charge in [0.15, 0.2) is 0 Å². The van der Waals surface area contributed by atoms with Crippen LogP contribution in [0.1, 0.15) is 32.9 Å². The number of para-hydroxylation sites is 1. The summed E-state index contributed by atoms with van der Waals surface area (Å²) in [5, 5.41) is -2.19. The van der Waals surface area contributed by atoms with Gasteiger partial charge in [-0.15, -0.1) is 11.3 Å². The van der Waals surface area contributed by atoms with Crippen LogP contribution in [0.5, 0.6) is 0 Å². The fourth-order valence-corrected chi connectivity index (χ4v) is 6.28. The van der Waals surface area contributed by atoms with Crippen molar-refractivity contribution in [2.45, 2.75) is 0 Å². The quantitative estimate of drug-likeness (QED) is 0.183. The fourth-order valence-electron chi connectivity index (χ4n) is 5.15. The minimum Gasteiger partial charge on any atom is -0.310 e. The first-order chi connectivity index (χ1) is 32.8. The third-order valence-corrected chi connectivity index (χ3v) is 8.31. The van der Waals surface area contributed by atoms with E-state index in [2.05, 4.69) is 0 Å². The van der Waals surface area contributed by atoms with E-state index in [1.165, 1.54) is 24.3 Å². The molecule has 0 radical (unpaired) electrons. The second kappa shape index (κ2) is 11.0. The highest BCUT2D eigenvalue weighted by atomic mass is 32.1. The lowest BCUT2D eigenvalue weighted by Crippen LogP contribution is -2.09. The summed E-state index contributed by atoms with van der Waals surface area (Å²) in [5.74, 6) is 0. The Kier molecular flexibility index (Phi) is 2.85. The molecular formula is C44H29NS. The molecule has 1 nitrogen and oxygen atoms in total. The predicted molar refractivity (Wildman–Crippen MR) is 200 cm³/mol. The normalized spacial score (nSPS) is 18.8. The number of hydrogen-bond donors (Lipinski definition) is 0. The fraction of sp³-hybridized carbons (Fsp3) is 0. The molecule has 0 aliphatic heterocycles. The van der Waals surface area contributed by atoms with Gasteiger partial charge in [-0.2, -0.15) is 0 Å². The molecule has 0 N–H and O–H groups in total. The largest absolute Gasteiger partial charge is 0.310 e. The standard InChI is InChI=1S/C44H29NS/c1-3-12-32(13-4-1)40-28-35-15-9-10-18-39(35)44-43(40)41-29-38(25-26-42(41)46-44)45(36-16-5-2-6-17-36)37-23-21-31(22-24-37)34-20-19-30-11-7-8-14-33(30)27-34/h1-29H/i1D,3D,4D,7D,8D,9D,10D,11D,12D,13D,14D,15D,18D,19D,20D,21D,22D,23D,24D,25D,26D,27D,28D,29D. The summed E-state index contributed by atoms with van der Waals surface area (Å²) in [6, 6.07) is -11.1. The van der Waals surface area contributed by atoms with Gasteiger partial charge in [-0.3, -0.25) is 0 Å². The number of benzene rings is 8. The maximum Gasteiger partial charge on any atom is 0.0652 e. The molecule has 9 rings (SSSR count). The highest BCUT2D eigenvalue weighted by Gasteiger charge is 2.18. The van der Waals surface area contributed by atoms with Gasteiger partial charge in [-0.05, 0) is 98.2 Å². The second-order valence-electron chi connectivity index (χ2n) is 9.88. The van der Waals surface area contributed by atoms with Crippen LogP contribution in [0.4, 0.5) is 17.1 Å². The van der Waals surface area contributed by atoms with Crippen LogP contribution in [0.15, 0.2) is 175 Å². The summed E-state index contributed by atoms with van der Waals surface area (Å²) in [6.45, 7) is 0. The summed E-state index contributed by atoms with van der Waals surface area (Å²) in [7, 11) is 0. The first-order valence-corrected chi connectivity index (χ1v) is 14.6. The van der Waals surface area contributed by atoms with Crippen LogP contribution in [0.25, 0.3) is 64.0 Å². The Bertz CT molecular complexity index is 3830. The third-order valence-electron chi connectivity index (χ3n) is 7.18. The Labute approximate surface area is 306 Å². The highest BCUT2D eigenvalue weighted by molar-refractivity contribution is 7.26. The molecule has 0 saturated heterocycles. The van der Waals surface area contributed by atoms with Crippen molar-refractivity contribution in [2.24, 2.45) is 0 Å². The molecule has 46 heavy (non-hydrogen) atoms. The van der Waals surface area contributed by atoms with E-state index in [0.29, 0.717) is 11.3 Å². The summed E-state index contributed by atoms with van der Waals surface area (Å²) in [6.07, 6.45) is 0. The van der Waals surface area contributed by atoms with Gasteiger partial charge in [0.1, 0.15) is 0 Å². The summed E-state index contributed by atoms with van der Waals surface area (Å²) >= 11 is 0.692. The van der Waals surface area contributed by atoms with Gasteiger partial charge in [0.25, 0.3) is 0 Å². The van der Waals surface area contributed by atoms with Gasteiger partial charge in [-0.25, -0.2) is 0 Å². The van der Waals surface area contributed by atoms with Crippen molar-refractivity contribution in [1.29, 1.82) is 0 Å². The van der Waals surface area contributed by atoms with Crippen LogP contribution in [-0.4, -0.2) is 0 Å². The lowest BCUT2D eigenvalue weighted by atomic mass is 9.95. The van der Waals surface area contributed by atoms with E-state index in [9.17, 15) is 11.0 Å². The van der Waals surface area contributed by atoms with E-state index in [0.717, 1.165) is 4.90 Å². The van der Waals surface area contributed by atoms with E-state index in [4.69, 9.17) is 21.9 Å². The number of hydrogen-bond acceptors (Lipinski definition) is 2. The first-order valence-electron chi connectivity index (χ1n) is 25.7. The molecule has 1 aromatic heterocycles. The van der Waals surface area contributed by atoms with E-state index in [1.807, 2.05) is 0 Å². The molecule has 9 aromatic rings. The Morgan fingerprint density at radius 2 is 1.15 bits per heavy atom. The van der Waals surface area contributed by atoms with E-state index in [-0.39, 0.29) is 31.2 Å². The summed E-state index contributed by atoms with van der Waals surface area (Å²) in [4.78, 5) is 0.991. The van der Waals surface area contributed by atoms with E-state index in [1.54, 1.807) is 6.07 Å². The van der Waals surface area contributed by atoms with Crippen molar-refractivity contribution in [3.63, 3.8) is 0 Å². The molecular weight excluding hydrogens is 575 g/mol. The van der Waals surface area contributed by atoms with Gasteiger partial charge >= 0.3 is 0 Å². The topological polar surface area (TPSA) is 3.24 Å². The van der Waals surface area contributed by atoms with Crippen LogP contribution < -0.4 is 4.90 Å². The van der Waals surface area contributed by atoms with Crippen molar-refractivity contribution in [3.05, 3.63) is 175 Å². The summed E-state index contributed by atoms with van der Waals surface area (Å²) < 4.78 is 214. The van der Waals surface area contributed by atoms with Gasteiger partial charge in [0.05, 0.1) is 32.9 Å². The van der Waals surface area contributed by atoms with Crippen molar-refractivity contribution in [2.75, 3.05) is 4.90 Å². The van der Waals surface area contributed by atoms with E-state index < -0.39 is 195 Å². The molecule has 0 unspecified atom stereocenters. The highest BCUT2D eigenvalue weighted by Crippen LogP contribution is 2.46. The number of anilines is 3. The van der Waals surface area contributed by atoms with Crippen LogP contribution in [-0.2, 0) is 0 Å². The molecule has 0 amide bonds. The Balaban J connectivity index is 1.46. The minimum atomic E-state index is -0.910. The molecule has 216 valence electrons. The lowest BCUT2D eigenvalue weighted by molar-refractivity contribution is 1.29. The number of fused-ring (bicyclic) bond motifs is 6. The van der Waals surface area contributed by atoms with Gasteiger partial charge in [0, 0.05) is 37.2 Å². The molecule has 1 heterocycles. The SMILES string of the molecule is [2H]c1c([2H])c([2H])c(-c2c([2H])c3c([2H])c([2H])c([2H])c([2H])c3c3sc4c([2H])c([2H])c(N(c5ccccc5)c5c([2H])c([2H])c(-c6c([2H])c([2H])c7c([2H])c([2H])c([2H])c([2H])c7c6[2H])c([2H])c5[2H])c([2H])c4c23)c([2H])c1[2H]. The van der Waals surface area contributed by atoms with Gasteiger partial charge < -0.3 is 4.90 Å². The molecule has 8 aromatic carbocycles. The molecule has 0 bridgehead atoms. The zero-order valence-electron chi connectivity index (χ0n) is 47.2. The zero-order chi connectivity index (χ0) is 51.3. The smallest absolute Gasteiger partial charge is 0.0652 e. The Morgan fingerprint density at radius 1 is 0.457 bits per heavy atom. The molecule has 0 saturated carbocycles. The average Bonchev–Trinajstić information content (AvgIpc) is 3.74. The van der Waals surface area contributed by atoms with Crippen molar-refractivity contribution < 1.29 is 32.9 Å². The molecule has 0 atom stereocenters. The van der Waals surface area contributed by atoms with Crippen molar-refractivity contribution in [3.8, 4) is 22.3 Å². The van der Waals surface area contributed by atoms with Crippen molar-refractivity contribution in [1.82, 2.24) is 0 Å². The molecule has 0 aliphatic rings. The van der Waals surface area contributed by atoms with Crippen molar-refractivity contribution >= 4 is 70.1 Å². The number of thiophene rings is 1. The van der Waals surface area contributed by atoms with Gasteiger partial charge in [0.2, 0.25) is 0 Å².